The molecule has 0 bridgehead atoms. The lowest BCUT2D eigenvalue weighted by molar-refractivity contribution is -0.384. The molecule has 0 aromatic heterocycles. The zero-order chi connectivity index (χ0) is 14.8. The van der Waals surface area contributed by atoms with Crippen LogP contribution in [-0.4, -0.2) is 30.1 Å². The molecule has 21 heavy (non-hydrogen) atoms. The van der Waals surface area contributed by atoms with E-state index in [1.807, 2.05) is 4.90 Å². The predicted molar refractivity (Wildman–Crippen MR) is 79.1 cm³/mol. The Morgan fingerprint density at radius 1 is 1.33 bits per heavy atom. The highest BCUT2D eigenvalue weighted by atomic mass is 19.1. The molecule has 6 heteroatoms. The highest BCUT2D eigenvalue weighted by Gasteiger charge is 2.34. The monoisotopic (exact) mass is 293 g/mol. The smallest absolute Gasteiger partial charge is 0.292 e. The molecule has 1 saturated carbocycles. The number of halogens is 1. The maximum Gasteiger partial charge on any atom is 0.292 e. The number of hydrogen-bond acceptors (Lipinski definition) is 4. The molecule has 1 N–H and O–H groups in total. The number of nitrogens with one attached hydrogen (secondary N) is 1. The molecule has 2 aliphatic rings. The van der Waals surface area contributed by atoms with Crippen molar-refractivity contribution in [3.8, 4) is 0 Å². The molecule has 3 rings (SSSR count). The Morgan fingerprint density at radius 2 is 2.14 bits per heavy atom. The van der Waals surface area contributed by atoms with Crippen molar-refractivity contribution in [2.45, 2.75) is 44.2 Å². The highest BCUT2D eigenvalue weighted by Crippen LogP contribution is 2.37. The van der Waals surface area contributed by atoms with Gasteiger partial charge in [0.05, 0.1) is 4.92 Å². The molecule has 1 aliphatic carbocycles. The van der Waals surface area contributed by atoms with Gasteiger partial charge in [0, 0.05) is 30.8 Å². The van der Waals surface area contributed by atoms with E-state index in [1.165, 1.54) is 25.0 Å². The van der Waals surface area contributed by atoms with E-state index in [0.29, 0.717) is 17.8 Å². The van der Waals surface area contributed by atoms with Gasteiger partial charge in [0.25, 0.3) is 5.69 Å². The maximum atomic E-state index is 13.6. The Balaban J connectivity index is 1.86. The first-order valence-electron chi connectivity index (χ1n) is 7.59. The van der Waals surface area contributed by atoms with Gasteiger partial charge < -0.3 is 10.2 Å². The Kier molecular flexibility index (Phi) is 4.05. The van der Waals surface area contributed by atoms with E-state index in [9.17, 15) is 14.5 Å². The molecule has 1 atom stereocenters. The van der Waals surface area contributed by atoms with Gasteiger partial charge in [-0.1, -0.05) is 6.42 Å². The van der Waals surface area contributed by atoms with Gasteiger partial charge in [-0.25, -0.2) is 4.39 Å². The van der Waals surface area contributed by atoms with Crippen LogP contribution in [0.3, 0.4) is 0 Å². The molecular weight excluding hydrogens is 273 g/mol. The van der Waals surface area contributed by atoms with Crippen molar-refractivity contribution in [1.29, 1.82) is 0 Å². The molecule has 1 aliphatic heterocycles. The molecule has 1 saturated heterocycles. The van der Waals surface area contributed by atoms with Crippen LogP contribution in [0.5, 0.6) is 0 Å². The number of benzene rings is 1. The molecule has 2 fully saturated rings. The fraction of sp³-hybridized carbons (Fsp3) is 0.600. The van der Waals surface area contributed by atoms with Gasteiger partial charge in [-0.05, 0) is 38.3 Å². The first-order chi connectivity index (χ1) is 10.1. The van der Waals surface area contributed by atoms with Crippen molar-refractivity contribution in [2.24, 2.45) is 0 Å². The molecular formula is C15H20FN3O2. The lowest BCUT2D eigenvalue weighted by Crippen LogP contribution is -2.44. The van der Waals surface area contributed by atoms with Crippen LogP contribution in [0.1, 0.15) is 32.1 Å². The van der Waals surface area contributed by atoms with Crippen LogP contribution < -0.4 is 10.2 Å². The molecule has 1 aromatic rings. The fourth-order valence-electron chi connectivity index (χ4n) is 3.03. The molecule has 5 nitrogen and oxygen atoms in total. The first kappa shape index (κ1) is 14.3. The van der Waals surface area contributed by atoms with Gasteiger partial charge in [0.2, 0.25) is 0 Å². The summed E-state index contributed by atoms with van der Waals surface area (Å²) >= 11 is 0. The largest absolute Gasteiger partial charge is 0.361 e. The lowest BCUT2D eigenvalue weighted by atomic mass is 10.0. The summed E-state index contributed by atoms with van der Waals surface area (Å²) in [6.07, 6.45) is 5.49. The summed E-state index contributed by atoms with van der Waals surface area (Å²) in [5, 5.41) is 14.7. The summed E-state index contributed by atoms with van der Waals surface area (Å²) in [7, 11) is 0. The molecule has 1 unspecified atom stereocenters. The summed E-state index contributed by atoms with van der Waals surface area (Å²) in [6.45, 7) is 1.71. The minimum Gasteiger partial charge on any atom is -0.361 e. The van der Waals surface area contributed by atoms with Crippen molar-refractivity contribution >= 4 is 11.4 Å². The highest BCUT2D eigenvalue weighted by molar-refractivity contribution is 5.64. The van der Waals surface area contributed by atoms with Gasteiger partial charge in [0.15, 0.2) is 0 Å². The molecule has 114 valence electrons. The third kappa shape index (κ3) is 3.32. The average Bonchev–Trinajstić information content (AvgIpc) is 3.30. The van der Waals surface area contributed by atoms with Gasteiger partial charge in [-0.2, -0.15) is 0 Å². The molecule has 0 amide bonds. The number of rotatable bonds is 5. The fourth-order valence-corrected chi connectivity index (χ4v) is 3.03. The van der Waals surface area contributed by atoms with Crippen LogP contribution >= 0.6 is 0 Å². The molecule has 1 aromatic carbocycles. The van der Waals surface area contributed by atoms with Crippen LogP contribution in [0.25, 0.3) is 0 Å². The second-order valence-corrected chi connectivity index (χ2v) is 5.92. The number of anilines is 1. The Bertz CT molecular complexity index is 528. The third-order valence-corrected chi connectivity index (χ3v) is 4.26. The van der Waals surface area contributed by atoms with Crippen LogP contribution in [0.2, 0.25) is 0 Å². The van der Waals surface area contributed by atoms with Gasteiger partial charge in [-0.15, -0.1) is 0 Å². The number of nitro benzene ring substituents is 1. The number of hydrogen-bond donors (Lipinski definition) is 1. The van der Waals surface area contributed by atoms with Gasteiger partial charge in [-0.3, -0.25) is 10.1 Å². The van der Waals surface area contributed by atoms with Gasteiger partial charge in [0.1, 0.15) is 11.5 Å². The van der Waals surface area contributed by atoms with Crippen molar-refractivity contribution in [2.75, 3.05) is 18.0 Å². The summed E-state index contributed by atoms with van der Waals surface area (Å²) in [5.41, 5.74) is 0.425. The van der Waals surface area contributed by atoms with Crippen LogP contribution in [0.4, 0.5) is 15.8 Å². The second kappa shape index (κ2) is 5.97. The number of nitrogens with zero attached hydrogens (tertiary/aromatic N) is 2. The van der Waals surface area contributed by atoms with Crippen molar-refractivity contribution in [1.82, 2.24) is 5.32 Å². The minimum absolute atomic E-state index is 0.000825. The summed E-state index contributed by atoms with van der Waals surface area (Å²) < 4.78 is 13.6. The molecule has 0 radical (unpaired) electrons. The van der Waals surface area contributed by atoms with E-state index in [-0.39, 0.29) is 5.69 Å². The predicted octanol–water partition coefficient (Wildman–Crippen LogP) is 2.84. The lowest BCUT2D eigenvalue weighted by Gasteiger charge is -2.32. The molecule has 1 heterocycles. The first-order valence-corrected chi connectivity index (χ1v) is 7.59. The Hall–Kier alpha value is -1.69. The van der Waals surface area contributed by atoms with Crippen molar-refractivity contribution in [3.05, 3.63) is 34.1 Å². The van der Waals surface area contributed by atoms with Gasteiger partial charge >= 0.3 is 0 Å². The van der Waals surface area contributed by atoms with Crippen molar-refractivity contribution in [3.63, 3.8) is 0 Å². The third-order valence-electron chi connectivity index (χ3n) is 4.26. The zero-order valence-corrected chi connectivity index (χ0v) is 11.9. The van der Waals surface area contributed by atoms with E-state index in [4.69, 9.17) is 0 Å². The Labute approximate surface area is 123 Å². The number of nitro groups is 1. The average molecular weight is 293 g/mol. The maximum absolute atomic E-state index is 13.6. The summed E-state index contributed by atoms with van der Waals surface area (Å²) in [5.74, 6) is -0.419. The van der Waals surface area contributed by atoms with E-state index >= 15 is 0 Å². The minimum atomic E-state index is -0.419. The second-order valence-electron chi connectivity index (χ2n) is 5.92. The zero-order valence-electron chi connectivity index (χ0n) is 11.9. The topological polar surface area (TPSA) is 58.4 Å². The van der Waals surface area contributed by atoms with E-state index in [1.54, 1.807) is 0 Å². The number of piperidine rings is 1. The van der Waals surface area contributed by atoms with Crippen LogP contribution in [-0.2, 0) is 0 Å². The van der Waals surface area contributed by atoms with Crippen LogP contribution in [0.15, 0.2) is 18.2 Å². The molecule has 0 spiro atoms. The van der Waals surface area contributed by atoms with Crippen LogP contribution in [0, 0.1) is 15.9 Å². The van der Waals surface area contributed by atoms with E-state index in [0.717, 1.165) is 38.4 Å². The van der Waals surface area contributed by atoms with E-state index in [2.05, 4.69) is 5.32 Å². The van der Waals surface area contributed by atoms with E-state index < -0.39 is 10.7 Å². The normalized spacial score (nSPS) is 22.0. The Morgan fingerprint density at radius 3 is 2.76 bits per heavy atom. The summed E-state index contributed by atoms with van der Waals surface area (Å²) in [4.78, 5) is 12.8. The summed E-state index contributed by atoms with van der Waals surface area (Å²) in [6, 6.07) is 4.38. The SMILES string of the molecule is O=[N+]([O-])c1ccc(F)cc1N(CC1CCCCN1)C1CC1. The quantitative estimate of drug-likeness (QED) is 0.670. The van der Waals surface area contributed by atoms with Crippen molar-refractivity contribution < 1.29 is 9.31 Å². The standard InChI is InChI=1S/C15H20FN3O2/c16-11-4-7-14(19(20)21)15(9-11)18(13-5-6-13)10-12-3-1-2-8-17-12/h4,7,9,12-13,17H,1-3,5-6,8,10H2.